The first-order chi connectivity index (χ1) is 17.0. The van der Waals surface area contributed by atoms with Crippen LogP contribution in [0.15, 0.2) is 69.6 Å². The maximum Gasteiger partial charge on any atom is 0.338 e. The summed E-state index contributed by atoms with van der Waals surface area (Å²) in [6.07, 6.45) is 1.81. The van der Waals surface area contributed by atoms with Gasteiger partial charge >= 0.3 is 5.97 Å². The molecule has 1 aliphatic heterocycles. The third-order valence-corrected chi connectivity index (χ3v) is 6.52. The normalized spacial score (nSPS) is 15.4. The summed E-state index contributed by atoms with van der Waals surface area (Å²) in [6, 6.07) is 14.3. The predicted molar refractivity (Wildman–Crippen MR) is 136 cm³/mol. The van der Waals surface area contributed by atoms with Crippen molar-refractivity contribution in [1.82, 2.24) is 4.57 Å². The van der Waals surface area contributed by atoms with E-state index in [4.69, 9.17) is 14.2 Å². The van der Waals surface area contributed by atoms with Crippen LogP contribution in [0.1, 0.15) is 44.9 Å². The zero-order valence-electron chi connectivity index (χ0n) is 20.2. The van der Waals surface area contributed by atoms with Gasteiger partial charge in [0, 0.05) is 11.1 Å². The number of para-hydroxylation sites is 2. The van der Waals surface area contributed by atoms with Crippen LogP contribution in [0.4, 0.5) is 0 Å². The summed E-state index contributed by atoms with van der Waals surface area (Å²) in [7, 11) is 0. The van der Waals surface area contributed by atoms with Gasteiger partial charge in [0.1, 0.15) is 17.5 Å². The molecule has 182 valence electrons. The van der Waals surface area contributed by atoms with E-state index in [1.165, 1.54) is 11.3 Å². The van der Waals surface area contributed by atoms with E-state index in [0.717, 1.165) is 5.56 Å². The number of nitrogens with zero attached hydrogens (tertiary/aromatic N) is 2. The summed E-state index contributed by atoms with van der Waals surface area (Å²) < 4.78 is 19.0. The number of carbonyl (C=O) groups excluding carboxylic acids is 1. The van der Waals surface area contributed by atoms with Crippen LogP contribution >= 0.6 is 11.3 Å². The van der Waals surface area contributed by atoms with Gasteiger partial charge in [0.25, 0.3) is 5.56 Å². The van der Waals surface area contributed by atoms with Gasteiger partial charge in [-0.15, -0.1) is 0 Å². The summed E-state index contributed by atoms with van der Waals surface area (Å²) in [5.74, 6) is 0.802. The lowest BCUT2D eigenvalue weighted by Crippen LogP contribution is -2.40. The van der Waals surface area contributed by atoms with Crippen LogP contribution in [0.25, 0.3) is 6.08 Å². The quantitative estimate of drug-likeness (QED) is 0.449. The SMILES string of the molecule is CCOC(=O)C1=C(C)N=c2s/c(=C\c3ccccc3OCC)c(=O)n2[C@H]1c1ccccc1OCC. The first-order valence-electron chi connectivity index (χ1n) is 11.6. The number of rotatable bonds is 8. The molecule has 0 saturated carbocycles. The molecule has 0 N–H and O–H groups in total. The Balaban J connectivity index is 1.98. The second-order valence-corrected chi connectivity index (χ2v) is 8.75. The molecule has 1 aromatic heterocycles. The molecule has 0 spiro atoms. The Kier molecular flexibility index (Phi) is 7.51. The molecule has 2 aromatic carbocycles. The first kappa shape index (κ1) is 24.5. The van der Waals surface area contributed by atoms with Gasteiger partial charge in [-0.3, -0.25) is 9.36 Å². The van der Waals surface area contributed by atoms with Gasteiger partial charge in [-0.05, 0) is 45.9 Å². The van der Waals surface area contributed by atoms with E-state index >= 15 is 0 Å². The number of esters is 1. The number of benzene rings is 2. The van der Waals surface area contributed by atoms with Gasteiger partial charge in [0.05, 0.1) is 35.6 Å². The Morgan fingerprint density at radius 3 is 2.37 bits per heavy atom. The molecule has 0 aliphatic carbocycles. The molecule has 0 bridgehead atoms. The van der Waals surface area contributed by atoms with Gasteiger partial charge in [-0.25, -0.2) is 9.79 Å². The summed E-state index contributed by atoms with van der Waals surface area (Å²) in [5.41, 5.74) is 2.10. The number of hydrogen-bond donors (Lipinski definition) is 0. The molecule has 0 amide bonds. The number of thiazole rings is 1. The Hall–Kier alpha value is -3.65. The molecule has 2 heterocycles. The molecule has 1 atom stereocenters. The van der Waals surface area contributed by atoms with E-state index in [2.05, 4.69) is 4.99 Å². The van der Waals surface area contributed by atoms with E-state index < -0.39 is 12.0 Å². The lowest BCUT2D eigenvalue weighted by atomic mass is 9.95. The van der Waals surface area contributed by atoms with E-state index in [1.807, 2.05) is 68.5 Å². The molecule has 0 radical (unpaired) electrons. The molecule has 8 heteroatoms. The van der Waals surface area contributed by atoms with Crippen LogP contribution in [0.3, 0.4) is 0 Å². The van der Waals surface area contributed by atoms with Gasteiger partial charge in [0.15, 0.2) is 4.80 Å². The van der Waals surface area contributed by atoms with E-state index in [9.17, 15) is 9.59 Å². The molecular formula is C27H28N2O5S. The number of hydrogen-bond acceptors (Lipinski definition) is 7. The standard InChI is InChI=1S/C27H28N2O5S/c1-5-32-20-14-10-8-12-18(20)16-22-25(30)29-24(19-13-9-11-15-21(19)33-6-2)23(26(31)34-7-3)17(4)28-27(29)35-22/h8-16,24H,5-7H2,1-4H3/b22-16-/t24-/m0/s1. The topological polar surface area (TPSA) is 79.1 Å². The minimum atomic E-state index is -0.725. The summed E-state index contributed by atoms with van der Waals surface area (Å²) in [5, 5.41) is 0. The Morgan fingerprint density at radius 2 is 1.66 bits per heavy atom. The zero-order valence-corrected chi connectivity index (χ0v) is 21.1. The van der Waals surface area contributed by atoms with Crippen LogP contribution in [-0.2, 0) is 9.53 Å². The lowest BCUT2D eigenvalue weighted by molar-refractivity contribution is -0.139. The molecule has 1 aliphatic rings. The molecule has 3 aromatic rings. The van der Waals surface area contributed by atoms with Crippen molar-refractivity contribution in [3.05, 3.63) is 90.6 Å². The minimum absolute atomic E-state index is 0.216. The van der Waals surface area contributed by atoms with Crippen molar-refractivity contribution in [1.29, 1.82) is 0 Å². The molecule has 0 saturated heterocycles. The summed E-state index contributed by atoms with van der Waals surface area (Å²) in [4.78, 5) is 32.0. The highest BCUT2D eigenvalue weighted by molar-refractivity contribution is 7.07. The van der Waals surface area contributed by atoms with Crippen molar-refractivity contribution in [2.45, 2.75) is 33.7 Å². The Morgan fingerprint density at radius 1 is 1.00 bits per heavy atom. The fraction of sp³-hybridized carbons (Fsp3) is 0.296. The number of allylic oxidation sites excluding steroid dienone is 1. The molecule has 0 unspecified atom stereocenters. The van der Waals surface area contributed by atoms with Crippen molar-refractivity contribution < 1.29 is 19.0 Å². The van der Waals surface area contributed by atoms with Crippen LogP contribution in [-0.4, -0.2) is 30.4 Å². The monoisotopic (exact) mass is 492 g/mol. The average molecular weight is 493 g/mol. The van der Waals surface area contributed by atoms with Crippen LogP contribution in [0.2, 0.25) is 0 Å². The van der Waals surface area contributed by atoms with Crippen molar-refractivity contribution in [2.75, 3.05) is 19.8 Å². The van der Waals surface area contributed by atoms with Gasteiger partial charge < -0.3 is 14.2 Å². The van der Waals surface area contributed by atoms with E-state index in [0.29, 0.717) is 50.9 Å². The number of carbonyl (C=O) groups is 1. The molecule has 0 fully saturated rings. The van der Waals surface area contributed by atoms with E-state index in [-0.39, 0.29) is 12.2 Å². The Labute approximate surface area is 207 Å². The highest BCUT2D eigenvalue weighted by Gasteiger charge is 2.35. The molecule has 4 rings (SSSR count). The fourth-order valence-electron chi connectivity index (χ4n) is 4.11. The highest BCUT2D eigenvalue weighted by atomic mass is 32.1. The third kappa shape index (κ3) is 4.79. The largest absolute Gasteiger partial charge is 0.494 e. The molecule has 35 heavy (non-hydrogen) atoms. The number of ether oxygens (including phenoxy) is 3. The highest BCUT2D eigenvalue weighted by Crippen LogP contribution is 2.35. The predicted octanol–water partition coefficient (Wildman–Crippen LogP) is 3.60. The zero-order chi connectivity index (χ0) is 24.9. The van der Waals surface area contributed by atoms with Crippen LogP contribution < -0.4 is 24.4 Å². The van der Waals surface area contributed by atoms with E-state index in [1.54, 1.807) is 18.4 Å². The van der Waals surface area contributed by atoms with Crippen LogP contribution in [0, 0.1) is 0 Å². The lowest BCUT2D eigenvalue weighted by Gasteiger charge is -2.26. The smallest absolute Gasteiger partial charge is 0.338 e. The second kappa shape index (κ2) is 10.7. The minimum Gasteiger partial charge on any atom is -0.494 e. The maximum atomic E-state index is 13.8. The maximum absolute atomic E-state index is 13.8. The van der Waals surface area contributed by atoms with Crippen molar-refractivity contribution in [2.24, 2.45) is 4.99 Å². The summed E-state index contributed by atoms with van der Waals surface area (Å²) >= 11 is 1.28. The third-order valence-electron chi connectivity index (χ3n) is 5.54. The van der Waals surface area contributed by atoms with Gasteiger partial charge in [-0.1, -0.05) is 47.7 Å². The average Bonchev–Trinajstić information content (AvgIpc) is 3.15. The first-order valence-corrected chi connectivity index (χ1v) is 12.4. The number of fused-ring (bicyclic) bond motifs is 1. The number of aromatic nitrogens is 1. The van der Waals surface area contributed by atoms with Crippen molar-refractivity contribution in [3.8, 4) is 11.5 Å². The second-order valence-electron chi connectivity index (χ2n) is 7.74. The van der Waals surface area contributed by atoms with Crippen molar-refractivity contribution >= 4 is 23.4 Å². The molecule has 7 nitrogen and oxygen atoms in total. The van der Waals surface area contributed by atoms with Gasteiger partial charge in [0.2, 0.25) is 0 Å². The fourth-order valence-corrected chi connectivity index (χ4v) is 5.14. The summed E-state index contributed by atoms with van der Waals surface area (Å²) in [6.45, 7) is 8.51. The Bertz CT molecular complexity index is 1450. The van der Waals surface area contributed by atoms with Crippen molar-refractivity contribution in [3.63, 3.8) is 0 Å². The van der Waals surface area contributed by atoms with Crippen LogP contribution in [0.5, 0.6) is 11.5 Å². The molecular weight excluding hydrogens is 464 g/mol. The van der Waals surface area contributed by atoms with Gasteiger partial charge in [-0.2, -0.15) is 0 Å².